The molecule has 1 amide bonds. The molecule has 35 heavy (non-hydrogen) atoms. The van der Waals surface area contributed by atoms with Crippen LogP contribution < -0.4 is 10.1 Å². The van der Waals surface area contributed by atoms with E-state index >= 15 is 0 Å². The molecule has 3 heterocycles. The zero-order valence-corrected chi connectivity index (χ0v) is 23.0. The van der Waals surface area contributed by atoms with Crippen LogP contribution in [0.1, 0.15) is 60.6 Å². The second-order valence-corrected chi connectivity index (χ2v) is 15.6. The Kier molecular flexibility index (Phi) is 7.88. The van der Waals surface area contributed by atoms with Gasteiger partial charge >= 0.3 is 0 Å². The van der Waals surface area contributed by atoms with E-state index in [9.17, 15) is 4.79 Å². The van der Waals surface area contributed by atoms with Gasteiger partial charge in [-0.25, -0.2) is 4.98 Å². The average Bonchev–Trinajstić information content (AvgIpc) is 3.30. The maximum atomic E-state index is 12.3. The van der Waals surface area contributed by atoms with Crippen molar-refractivity contribution in [3.63, 3.8) is 0 Å². The van der Waals surface area contributed by atoms with E-state index in [0.717, 1.165) is 0 Å². The first-order valence-electron chi connectivity index (χ1n) is 12.0. The van der Waals surface area contributed by atoms with Crippen LogP contribution >= 0.6 is 0 Å². The molecular weight excluding hydrogens is 464 g/mol. The molecule has 1 radical (unpaired) electrons. The maximum absolute atomic E-state index is 12.3. The fourth-order valence-electron chi connectivity index (χ4n) is 3.41. The van der Waals surface area contributed by atoms with Gasteiger partial charge in [-0.15, -0.1) is 0 Å². The summed E-state index contributed by atoms with van der Waals surface area (Å²) in [5.74, 6) is -0.159. The Balaban J connectivity index is 1.95. The van der Waals surface area contributed by atoms with Crippen LogP contribution in [0.25, 0.3) is 11.2 Å². The molecule has 0 saturated carbocycles. The molecule has 2 aromatic rings. The molecule has 0 aromatic carbocycles. The number of amides is 1. The van der Waals surface area contributed by atoms with E-state index in [2.05, 4.69) is 67.1 Å². The van der Waals surface area contributed by atoms with Gasteiger partial charge in [0.25, 0.3) is 0 Å². The molecule has 191 valence electrons. The quantitative estimate of drug-likeness (QED) is 0.520. The number of hydrogen-bond acceptors (Lipinski definition) is 8. The van der Waals surface area contributed by atoms with Crippen molar-refractivity contribution in [1.29, 1.82) is 5.26 Å². The van der Waals surface area contributed by atoms with E-state index in [-0.39, 0.29) is 47.3 Å². The molecule has 1 aliphatic rings. The molecule has 1 aliphatic heterocycles. The van der Waals surface area contributed by atoms with Crippen LogP contribution in [-0.2, 0) is 14.0 Å². The summed E-state index contributed by atoms with van der Waals surface area (Å²) in [6.45, 7) is 20.5. The molecule has 1 fully saturated rings. The Morgan fingerprint density at radius 1 is 1.37 bits per heavy atom. The second-order valence-electron chi connectivity index (χ2n) is 10.9. The van der Waals surface area contributed by atoms with Gasteiger partial charge in [0.2, 0.25) is 17.7 Å². The number of carbonyl (C=O) groups excluding carboxylic acids is 1. The maximum Gasteiger partial charge on any atom is 0.247 e. The predicted molar refractivity (Wildman–Crippen MR) is 135 cm³/mol. The summed E-state index contributed by atoms with van der Waals surface area (Å²) in [5.41, 5.74) is 0.888. The average molecular weight is 502 g/mol. The van der Waals surface area contributed by atoms with Crippen LogP contribution in [-0.4, -0.2) is 52.1 Å². The molecule has 1 N–H and O–H groups in total. The van der Waals surface area contributed by atoms with Crippen LogP contribution in [0.5, 0.6) is 5.88 Å². The van der Waals surface area contributed by atoms with Crippen molar-refractivity contribution in [2.24, 2.45) is 5.92 Å². The Bertz CT molecular complexity index is 1100. The topological polar surface area (TPSA) is 124 Å². The van der Waals surface area contributed by atoms with Gasteiger partial charge in [-0.05, 0) is 32.0 Å². The molecule has 11 heteroatoms. The third kappa shape index (κ3) is 5.99. The van der Waals surface area contributed by atoms with Crippen LogP contribution in [0.3, 0.4) is 0 Å². The summed E-state index contributed by atoms with van der Waals surface area (Å²) >= 11 is 0. The number of nitriles is 1. The third-order valence-corrected chi connectivity index (χ3v) is 11.1. The first-order valence-corrected chi connectivity index (χ1v) is 14.9. The molecule has 4 atom stereocenters. The molecule has 3 rings (SSSR count). The van der Waals surface area contributed by atoms with Crippen molar-refractivity contribution >= 4 is 31.3 Å². The van der Waals surface area contributed by atoms with Gasteiger partial charge in [-0.2, -0.15) is 15.2 Å². The lowest BCUT2D eigenvalue weighted by atomic mass is 10.2. The summed E-state index contributed by atoms with van der Waals surface area (Å²) in [4.78, 5) is 25.7. The van der Waals surface area contributed by atoms with E-state index in [4.69, 9.17) is 19.2 Å². The number of nitrogens with one attached hydrogen (secondary N) is 1. The van der Waals surface area contributed by atoms with Gasteiger partial charge in [0, 0.05) is 12.3 Å². The number of aromatic nitrogens is 4. The lowest BCUT2D eigenvalue weighted by Gasteiger charge is -2.38. The standard InChI is InChI=1S/C24H37N6O4Si/c1-14(2)21(31)28-23-27-20-19(22(29-23)32-15(3)10-11-25)26-13-30(20)18-12-17(16(4)33-18)34-35(8,9)24(5,6)7/h13-18H,4,10,12H2,1-3,5-9H3,(H,27,28,29,31)/t15-,16-,17+,18-/m1/s1. The lowest BCUT2D eigenvalue weighted by molar-refractivity contribution is -0.118. The third-order valence-electron chi connectivity index (χ3n) is 6.58. The van der Waals surface area contributed by atoms with Crippen molar-refractivity contribution in [3.8, 4) is 11.9 Å². The predicted octanol–water partition coefficient (Wildman–Crippen LogP) is 4.61. The fourth-order valence-corrected chi connectivity index (χ4v) is 4.77. The number of carbonyl (C=O) groups is 1. The minimum Gasteiger partial charge on any atom is -0.472 e. The monoisotopic (exact) mass is 501 g/mol. The van der Waals surface area contributed by atoms with Crippen LogP contribution in [0, 0.1) is 24.2 Å². The smallest absolute Gasteiger partial charge is 0.247 e. The fraction of sp³-hybridized carbons (Fsp3) is 0.667. The summed E-state index contributed by atoms with van der Waals surface area (Å²) in [6, 6.07) is 2.08. The number of rotatable bonds is 8. The first kappa shape index (κ1) is 27.0. The molecule has 1 saturated heterocycles. The zero-order valence-electron chi connectivity index (χ0n) is 22.0. The Labute approximate surface area is 208 Å². The Morgan fingerprint density at radius 3 is 2.66 bits per heavy atom. The van der Waals surface area contributed by atoms with Crippen LogP contribution in [0.15, 0.2) is 6.33 Å². The normalized spacial score (nSPS) is 21.8. The Hall–Kier alpha value is -2.55. The van der Waals surface area contributed by atoms with E-state index in [1.165, 1.54) is 0 Å². The van der Waals surface area contributed by atoms with Crippen molar-refractivity contribution < 1.29 is 18.7 Å². The second kappa shape index (κ2) is 10.2. The highest BCUT2D eigenvalue weighted by Crippen LogP contribution is 2.41. The first-order chi connectivity index (χ1) is 16.2. The van der Waals surface area contributed by atoms with Crippen LogP contribution in [0.2, 0.25) is 18.1 Å². The highest BCUT2D eigenvalue weighted by atomic mass is 28.4. The largest absolute Gasteiger partial charge is 0.472 e. The van der Waals surface area contributed by atoms with Crippen molar-refractivity contribution in [2.45, 2.75) is 97.1 Å². The van der Waals surface area contributed by atoms with Crippen molar-refractivity contribution in [1.82, 2.24) is 19.5 Å². The molecule has 0 spiro atoms. The van der Waals surface area contributed by atoms with E-state index < -0.39 is 20.6 Å². The van der Waals surface area contributed by atoms with Crippen molar-refractivity contribution in [2.75, 3.05) is 5.32 Å². The number of imidazole rings is 1. The lowest BCUT2D eigenvalue weighted by Crippen LogP contribution is -2.45. The molecule has 0 unspecified atom stereocenters. The number of fused-ring (bicyclic) bond motifs is 1. The summed E-state index contributed by atoms with van der Waals surface area (Å²) < 4.78 is 20.5. The van der Waals surface area contributed by atoms with E-state index in [1.54, 1.807) is 31.7 Å². The minimum absolute atomic E-state index is 0.0651. The summed E-state index contributed by atoms with van der Waals surface area (Å²) in [5, 5.41) is 11.8. The van der Waals surface area contributed by atoms with Gasteiger partial charge in [0.15, 0.2) is 19.5 Å². The Morgan fingerprint density at radius 2 is 2.06 bits per heavy atom. The molecule has 0 bridgehead atoms. The van der Waals surface area contributed by atoms with Gasteiger partial charge in [-0.1, -0.05) is 34.6 Å². The molecule has 0 aliphatic carbocycles. The molecular formula is C24H37N6O4Si. The number of anilines is 1. The number of nitrogens with zero attached hydrogens (tertiary/aromatic N) is 5. The highest BCUT2D eigenvalue weighted by molar-refractivity contribution is 6.74. The summed E-state index contributed by atoms with van der Waals surface area (Å²) in [6.07, 6.45) is 1.08. The zero-order chi connectivity index (χ0) is 26.1. The molecule has 10 nitrogen and oxygen atoms in total. The number of hydrogen-bond donors (Lipinski definition) is 1. The SMILES string of the molecule is [CH2][C@H]1O[C@@H](n2cnc3c(O[C@H](C)CC#N)nc(NC(=O)C(C)C)nc32)C[C@@H]1O[Si](C)(C)C(C)(C)C. The van der Waals surface area contributed by atoms with Gasteiger partial charge in [-0.3, -0.25) is 14.7 Å². The van der Waals surface area contributed by atoms with E-state index in [0.29, 0.717) is 17.6 Å². The molecule has 2 aromatic heterocycles. The van der Waals surface area contributed by atoms with Gasteiger partial charge in [0.05, 0.1) is 31.0 Å². The van der Waals surface area contributed by atoms with Crippen LogP contribution in [0.4, 0.5) is 5.95 Å². The number of ether oxygens (including phenoxy) is 2. The summed E-state index contributed by atoms with van der Waals surface area (Å²) in [7, 11) is -2.02. The van der Waals surface area contributed by atoms with E-state index in [1.807, 2.05) is 0 Å². The van der Waals surface area contributed by atoms with Gasteiger partial charge in [0.1, 0.15) is 12.3 Å². The van der Waals surface area contributed by atoms with Gasteiger partial charge < -0.3 is 13.9 Å². The minimum atomic E-state index is -2.02. The highest BCUT2D eigenvalue weighted by Gasteiger charge is 2.44. The van der Waals surface area contributed by atoms with Crippen molar-refractivity contribution in [3.05, 3.63) is 13.3 Å².